The Morgan fingerprint density at radius 2 is 2.12 bits per heavy atom. The second kappa shape index (κ2) is 4.78. The van der Waals surface area contributed by atoms with Crippen molar-refractivity contribution < 1.29 is 4.79 Å². The number of imidazole rings is 1. The predicted molar refractivity (Wildman–Crippen MR) is 67.0 cm³/mol. The molecule has 0 N–H and O–H groups in total. The highest BCUT2D eigenvalue weighted by Gasteiger charge is 2.14. The van der Waals surface area contributed by atoms with Crippen molar-refractivity contribution >= 4 is 5.78 Å². The van der Waals surface area contributed by atoms with Crippen LogP contribution in [-0.4, -0.2) is 15.3 Å². The smallest absolute Gasteiger partial charge is 0.228 e. The van der Waals surface area contributed by atoms with Crippen LogP contribution in [0.4, 0.5) is 0 Å². The molecule has 0 radical (unpaired) electrons. The van der Waals surface area contributed by atoms with Gasteiger partial charge in [0.15, 0.2) is 5.82 Å². The lowest BCUT2D eigenvalue weighted by Crippen LogP contribution is -2.10. The molecule has 1 heterocycles. The Morgan fingerprint density at radius 3 is 2.76 bits per heavy atom. The van der Waals surface area contributed by atoms with Crippen LogP contribution in [-0.2, 0) is 6.54 Å². The summed E-state index contributed by atoms with van der Waals surface area (Å²) in [7, 11) is 0. The van der Waals surface area contributed by atoms with Gasteiger partial charge in [-0.05, 0) is 6.92 Å². The van der Waals surface area contributed by atoms with Gasteiger partial charge in [0, 0.05) is 24.5 Å². The van der Waals surface area contributed by atoms with Crippen molar-refractivity contribution in [2.45, 2.75) is 13.5 Å². The summed E-state index contributed by atoms with van der Waals surface area (Å²) in [6.45, 7) is 6.24. The molecule has 0 amide bonds. The molecule has 0 fully saturated rings. The van der Waals surface area contributed by atoms with Crippen LogP contribution >= 0.6 is 0 Å². The lowest BCUT2D eigenvalue weighted by molar-refractivity contribution is 0.102. The third kappa shape index (κ3) is 2.33. The number of carbonyl (C=O) groups excluding carboxylic acids is 1. The van der Waals surface area contributed by atoms with Crippen LogP contribution in [0.2, 0.25) is 0 Å². The number of aromatic nitrogens is 2. The molecule has 0 saturated heterocycles. The van der Waals surface area contributed by atoms with E-state index in [1.54, 1.807) is 23.0 Å². The molecule has 0 saturated carbocycles. The minimum Gasteiger partial charge on any atom is -0.324 e. The van der Waals surface area contributed by atoms with E-state index in [-0.39, 0.29) is 5.78 Å². The summed E-state index contributed by atoms with van der Waals surface area (Å²) in [6, 6.07) is 7.50. The van der Waals surface area contributed by atoms with E-state index >= 15 is 0 Å². The topological polar surface area (TPSA) is 34.9 Å². The molecule has 3 heteroatoms. The zero-order chi connectivity index (χ0) is 12.3. The fourth-order valence-corrected chi connectivity index (χ4v) is 1.64. The number of nitrogens with zero attached hydrogens (tertiary/aromatic N) is 2. The minimum atomic E-state index is -0.0585. The maximum Gasteiger partial charge on any atom is 0.228 e. The van der Waals surface area contributed by atoms with Gasteiger partial charge in [0.05, 0.1) is 0 Å². The molecule has 0 unspecified atom stereocenters. The van der Waals surface area contributed by atoms with Gasteiger partial charge in [0.2, 0.25) is 5.78 Å². The van der Waals surface area contributed by atoms with E-state index in [1.807, 2.05) is 31.2 Å². The molecule has 3 nitrogen and oxygen atoms in total. The molecule has 0 aliphatic rings. The van der Waals surface area contributed by atoms with E-state index in [0.717, 1.165) is 5.56 Å². The van der Waals surface area contributed by atoms with Crippen molar-refractivity contribution in [1.29, 1.82) is 0 Å². The quantitative estimate of drug-likeness (QED) is 0.593. The van der Waals surface area contributed by atoms with Crippen LogP contribution in [0, 0.1) is 6.92 Å². The number of rotatable bonds is 4. The van der Waals surface area contributed by atoms with Crippen molar-refractivity contribution in [2.24, 2.45) is 0 Å². The van der Waals surface area contributed by atoms with E-state index in [2.05, 4.69) is 11.6 Å². The van der Waals surface area contributed by atoms with Gasteiger partial charge in [-0.15, -0.1) is 6.58 Å². The van der Waals surface area contributed by atoms with Gasteiger partial charge < -0.3 is 4.57 Å². The zero-order valence-electron chi connectivity index (χ0n) is 9.76. The first-order chi connectivity index (χ1) is 8.22. The molecule has 2 rings (SSSR count). The van der Waals surface area contributed by atoms with Gasteiger partial charge in [-0.25, -0.2) is 4.98 Å². The SMILES string of the molecule is C=CCn1ccnc1C(=O)c1ccc(C)cc1. The Balaban J connectivity index is 2.33. The number of hydrogen-bond donors (Lipinski definition) is 0. The third-order valence-electron chi connectivity index (χ3n) is 2.56. The van der Waals surface area contributed by atoms with Crippen LogP contribution in [0.3, 0.4) is 0 Å². The molecule has 86 valence electrons. The van der Waals surface area contributed by atoms with Crippen molar-refractivity contribution in [3.63, 3.8) is 0 Å². The Kier molecular flexibility index (Phi) is 3.19. The fourth-order valence-electron chi connectivity index (χ4n) is 1.64. The molecule has 1 aromatic carbocycles. The molecular weight excluding hydrogens is 212 g/mol. The van der Waals surface area contributed by atoms with Crippen LogP contribution in [0.5, 0.6) is 0 Å². The van der Waals surface area contributed by atoms with Crippen molar-refractivity contribution in [3.05, 3.63) is 66.3 Å². The summed E-state index contributed by atoms with van der Waals surface area (Å²) in [5, 5.41) is 0. The second-order valence-electron chi connectivity index (χ2n) is 3.89. The average Bonchev–Trinajstić information content (AvgIpc) is 2.78. The lowest BCUT2D eigenvalue weighted by Gasteiger charge is -2.04. The van der Waals surface area contributed by atoms with Gasteiger partial charge in [-0.3, -0.25) is 4.79 Å². The highest BCUT2D eigenvalue weighted by atomic mass is 16.1. The Bertz CT molecular complexity index is 538. The zero-order valence-corrected chi connectivity index (χ0v) is 9.76. The van der Waals surface area contributed by atoms with Crippen molar-refractivity contribution in [3.8, 4) is 0 Å². The molecular formula is C14H14N2O. The van der Waals surface area contributed by atoms with Gasteiger partial charge in [-0.1, -0.05) is 35.9 Å². The van der Waals surface area contributed by atoms with Gasteiger partial charge in [-0.2, -0.15) is 0 Å². The van der Waals surface area contributed by atoms with E-state index in [9.17, 15) is 4.79 Å². The molecule has 2 aromatic rings. The molecule has 0 bridgehead atoms. The van der Waals surface area contributed by atoms with Gasteiger partial charge in [0.25, 0.3) is 0 Å². The third-order valence-corrected chi connectivity index (χ3v) is 2.56. The first kappa shape index (κ1) is 11.3. The molecule has 0 aliphatic heterocycles. The van der Waals surface area contributed by atoms with Crippen LogP contribution in [0.1, 0.15) is 21.7 Å². The van der Waals surface area contributed by atoms with Gasteiger partial charge >= 0.3 is 0 Å². The van der Waals surface area contributed by atoms with E-state index in [0.29, 0.717) is 17.9 Å². The average molecular weight is 226 g/mol. The highest BCUT2D eigenvalue weighted by molar-refractivity contribution is 6.06. The summed E-state index contributed by atoms with van der Waals surface area (Å²) in [5.41, 5.74) is 1.79. The molecule has 1 aromatic heterocycles. The summed E-state index contributed by atoms with van der Waals surface area (Å²) >= 11 is 0. The van der Waals surface area contributed by atoms with E-state index in [4.69, 9.17) is 0 Å². The molecule has 0 aliphatic carbocycles. The van der Waals surface area contributed by atoms with Crippen LogP contribution in [0.15, 0.2) is 49.3 Å². The predicted octanol–water partition coefficient (Wildman–Crippen LogP) is 2.61. The van der Waals surface area contributed by atoms with Crippen molar-refractivity contribution in [1.82, 2.24) is 9.55 Å². The Hall–Kier alpha value is -2.16. The number of aryl methyl sites for hydroxylation is 1. The number of carbonyl (C=O) groups is 1. The fraction of sp³-hybridized carbons (Fsp3) is 0.143. The number of allylic oxidation sites excluding steroid dienone is 1. The van der Waals surface area contributed by atoms with Crippen molar-refractivity contribution in [2.75, 3.05) is 0 Å². The minimum absolute atomic E-state index is 0.0585. The van der Waals surface area contributed by atoms with Crippen LogP contribution < -0.4 is 0 Å². The molecule has 0 atom stereocenters. The highest BCUT2D eigenvalue weighted by Crippen LogP contribution is 2.09. The maximum atomic E-state index is 12.2. The summed E-state index contributed by atoms with van der Waals surface area (Å²) in [6.07, 6.45) is 5.15. The summed E-state index contributed by atoms with van der Waals surface area (Å²) < 4.78 is 1.79. The number of ketones is 1. The number of hydrogen-bond acceptors (Lipinski definition) is 2. The lowest BCUT2D eigenvalue weighted by atomic mass is 10.1. The summed E-state index contributed by atoms with van der Waals surface area (Å²) in [5.74, 6) is 0.394. The maximum absolute atomic E-state index is 12.2. The van der Waals surface area contributed by atoms with Crippen LogP contribution in [0.25, 0.3) is 0 Å². The summed E-state index contributed by atoms with van der Waals surface area (Å²) in [4.78, 5) is 16.3. The first-order valence-corrected chi connectivity index (χ1v) is 5.46. The number of benzene rings is 1. The Labute approximate surface area is 100 Å². The monoisotopic (exact) mass is 226 g/mol. The van der Waals surface area contributed by atoms with E-state index in [1.165, 1.54) is 0 Å². The first-order valence-electron chi connectivity index (χ1n) is 5.46. The molecule has 17 heavy (non-hydrogen) atoms. The largest absolute Gasteiger partial charge is 0.324 e. The Morgan fingerprint density at radius 1 is 1.41 bits per heavy atom. The normalized spacial score (nSPS) is 10.2. The second-order valence-corrected chi connectivity index (χ2v) is 3.89. The van der Waals surface area contributed by atoms with Gasteiger partial charge in [0.1, 0.15) is 0 Å². The standard InChI is InChI=1S/C14H14N2O/c1-3-9-16-10-8-15-14(16)13(17)12-6-4-11(2)5-7-12/h3-8,10H,1,9H2,2H3. The molecule has 0 spiro atoms. The van der Waals surface area contributed by atoms with E-state index < -0.39 is 0 Å².